The Labute approximate surface area is 259 Å². The molecule has 11 heteroatoms. The first-order valence-corrected chi connectivity index (χ1v) is 15.3. The number of carbonyl (C=O) groups is 4. The first-order chi connectivity index (χ1) is 21.2. The number of carbonyl (C=O) groups excluding carboxylic acids is 4. The van der Waals surface area contributed by atoms with E-state index in [1.807, 2.05) is 32.0 Å². The topological polar surface area (TPSA) is 135 Å². The first kappa shape index (κ1) is 32.6. The van der Waals surface area contributed by atoms with Crippen LogP contribution in [0.4, 0.5) is 0 Å². The van der Waals surface area contributed by atoms with Crippen molar-refractivity contribution in [1.29, 1.82) is 0 Å². The van der Waals surface area contributed by atoms with Gasteiger partial charge in [-0.25, -0.2) is 0 Å². The lowest BCUT2D eigenvalue weighted by Gasteiger charge is -2.28. The average Bonchev–Trinajstić information content (AvgIpc) is 3.53. The van der Waals surface area contributed by atoms with Crippen LogP contribution in [-0.4, -0.2) is 80.6 Å². The molecule has 2 aliphatic heterocycles. The van der Waals surface area contributed by atoms with E-state index in [4.69, 9.17) is 14.2 Å². The van der Waals surface area contributed by atoms with E-state index in [1.165, 1.54) is 0 Å². The van der Waals surface area contributed by atoms with Gasteiger partial charge in [-0.2, -0.15) is 0 Å². The third-order valence-electron chi connectivity index (χ3n) is 8.22. The summed E-state index contributed by atoms with van der Waals surface area (Å²) < 4.78 is 16.7. The molecule has 0 spiro atoms. The van der Waals surface area contributed by atoms with Crippen LogP contribution in [-0.2, 0) is 20.8 Å². The molecule has 3 N–H and O–H groups in total. The molecule has 2 aromatic rings. The van der Waals surface area contributed by atoms with Crippen molar-refractivity contribution in [3.05, 3.63) is 53.6 Å². The fraction of sp³-hybridized carbons (Fsp3) is 0.515. The number of fused-ring (bicyclic) bond motifs is 2. The Kier molecular flexibility index (Phi) is 11.5. The van der Waals surface area contributed by atoms with Crippen molar-refractivity contribution in [1.82, 2.24) is 20.9 Å². The van der Waals surface area contributed by atoms with Crippen molar-refractivity contribution < 1.29 is 33.4 Å². The molecule has 44 heavy (non-hydrogen) atoms. The van der Waals surface area contributed by atoms with Crippen LogP contribution in [0.15, 0.2) is 42.5 Å². The minimum Gasteiger partial charge on any atom is -0.493 e. The Morgan fingerprint density at radius 1 is 1.05 bits per heavy atom. The lowest BCUT2D eigenvalue weighted by molar-refractivity contribution is -0.139. The second-order valence-corrected chi connectivity index (χ2v) is 11.6. The van der Waals surface area contributed by atoms with Crippen LogP contribution in [0.1, 0.15) is 61.9 Å². The van der Waals surface area contributed by atoms with Gasteiger partial charge in [-0.15, -0.1) is 0 Å². The van der Waals surface area contributed by atoms with Crippen LogP contribution in [0.25, 0.3) is 0 Å². The van der Waals surface area contributed by atoms with Crippen molar-refractivity contribution in [2.45, 2.75) is 70.5 Å². The number of rotatable bonds is 8. The van der Waals surface area contributed by atoms with Gasteiger partial charge in [0.25, 0.3) is 5.91 Å². The van der Waals surface area contributed by atoms with Crippen molar-refractivity contribution in [3.63, 3.8) is 0 Å². The minimum absolute atomic E-state index is 0.0134. The van der Waals surface area contributed by atoms with Gasteiger partial charge in [0.1, 0.15) is 24.4 Å². The number of amides is 4. The molecular weight excluding hydrogens is 564 g/mol. The summed E-state index contributed by atoms with van der Waals surface area (Å²) in [6.45, 7) is 4.96. The summed E-state index contributed by atoms with van der Waals surface area (Å²) in [4.78, 5) is 55.0. The predicted octanol–water partition coefficient (Wildman–Crippen LogP) is 2.86. The van der Waals surface area contributed by atoms with Gasteiger partial charge in [0.05, 0.1) is 25.8 Å². The van der Waals surface area contributed by atoms with Gasteiger partial charge in [0.2, 0.25) is 17.7 Å². The highest BCUT2D eigenvalue weighted by molar-refractivity contribution is 5.99. The molecule has 4 rings (SSSR count). The van der Waals surface area contributed by atoms with Crippen molar-refractivity contribution in [3.8, 4) is 17.2 Å². The van der Waals surface area contributed by atoms with Crippen LogP contribution >= 0.6 is 0 Å². The van der Waals surface area contributed by atoms with Crippen molar-refractivity contribution in [2.24, 2.45) is 5.92 Å². The Hall–Kier alpha value is -4.28. The number of aryl methyl sites for hydroxylation is 1. The SMILES string of the molecule is COc1ccc(CCCNC(=O)[C@@H]2CCC(=O)N3CCC[C@H]3C(=O)N[C@H](C(C)C)COc3ccccc3C(=O)N2)cc1OC. The quantitative estimate of drug-likeness (QED) is 0.392. The Balaban J connectivity index is 1.48. The molecule has 0 aliphatic carbocycles. The van der Waals surface area contributed by atoms with E-state index in [9.17, 15) is 19.2 Å². The van der Waals surface area contributed by atoms with Gasteiger partial charge in [0.15, 0.2) is 11.5 Å². The molecular formula is C33H44N4O7. The summed E-state index contributed by atoms with van der Waals surface area (Å²) in [7, 11) is 3.17. The molecule has 2 heterocycles. The van der Waals surface area contributed by atoms with Crippen LogP contribution < -0.4 is 30.2 Å². The Morgan fingerprint density at radius 3 is 2.57 bits per heavy atom. The smallest absolute Gasteiger partial charge is 0.255 e. The van der Waals surface area contributed by atoms with Crippen LogP contribution in [0.3, 0.4) is 0 Å². The van der Waals surface area contributed by atoms with Crippen LogP contribution in [0.5, 0.6) is 17.2 Å². The highest BCUT2D eigenvalue weighted by atomic mass is 16.5. The fourth-order valence-electron chi connectivity index (χ4n) is 5.56. The largest absolute Gasteiger partial charge is 0.493 e. The maximum absolute atomic E-state index is 13.5. The molecule has 238 valence electrons. The number of para-hydroxylation sites is 1. The van der Waals surface area contributed by atoms with Gasteiger partial charge in [-0.3, -0.25) is 19.2 Å². The van der Waals surface area contributed by atoms with Crippen LogP contribution in [0, 0.1) is 5.92 Å². The lowest BCUT2D eigenvalue weighted by Crippen LogP contribution is -2.52. The van der Waals surface area contributed by atoms with Gasteiger partial charge < -0.3 is 35.1 Å². The third kappa shape index (κ3) is 8.21. The third-order valence-corrected chi connectivity index (χ3v) is 8.22. The molecule has 0 bridgehead atoms. The summed E-state index contributed by atoms with van der Waals surface area (Å²) in [5.74, 6) is 0.420. The lowest BCUT2D eigenvalue weighted by atomic mass is 10.0. The van der Waals surface area contributed by atoms with Gasteiger partial charge in [0, 0.05) is 19.5 Å². The number of hydrogen-bond donors (Lipinski definition) is 3. The van der Waals surface area contributed by atoms with Gasteiger partial charge in [-0.05, 0) is 67.9 Å². The average molecular weight is 609 g/mol. The molecule has 0 unspecified atom stereocenters. The summed E-state index contributed by atoms with van der Waals surface area (Å²) in [6.07, 6.45) is 2.75. The molecule has 0 saturated carbocycles. The first-order valence-electron chi connectivity index (χ1n) is 15.3. The summed E-state index contributed by atoms with van der Waals surface area (Å²) in [6, 6.07) is 10.7. The number of benzene rings is 2. The van der Waals surface area contributed by atoms with Gasteiger partial charge in [-0.1, -0.05) is 32.0 Å². The molecule has 11 nitrogen and oxygen atoms in total. The number of ether oxygens (including phenoxy) is 3. The zero-order valence-electron chi connectivity index (χ0n) is 26.0. The number of hydrogen-bond acceptors (Lipinski definition) is 7. The van der Waals surface area contributed by atoms with E-state index in [1.54, 1.807) is 43.4 Å². The second-order valence-electron chi connectivity index (χ2n) is 11.6. The predicted molar refractivity (Wildman–Crippen MR) is 165 cm³/mol. The van der Waals surface area contributed by atoms with E-state index < -0.39 is 18.0 Å². The molecule has 0 aromatic heterocycles. The number of nitrogens with zero attached hydrogens (tertiary/aromatic N) is 1. The van der Waals surface area contributed by atoms with E-state index in [0.29, 0.717) is 49.6 Å². The summed E-state index contributed by atoms with van der Waals surface area (Å²) >= 11 is 0. The minimum atomic E-state index is -0.955. The molecule has 2 aromatic carbocycles. The standard InChI is InChI=1S/C33H44N4O7/c1-21(2)25-20-44-27-12-6-5-10-23(27)31(39)35-24(14-16-30(38)37-18-8-11-26(37)33(41)36-25)32(40)34-17-7-9-22-13-15-28(42-3)29(19-22)43-4/h5-6,10,12-13,15,19,21,24-26H,7-9,11,14,16-18,20H2,1-4H3,(H,34,40)(H,35,39)(H,36,41)/t24-,25-,26-/m0/s1. The normalized spacial score (nSPS) is 21.2. The summed E-state index contributed by atoms with van der Waals surface area (Å²) in [5.41, 5.74) is 1.31. The van der Waals surface area contributed by atoms with Gasteiger partial charge >= 0.3 is 0 Å². The zero-order chi connectivity index (χ0) is 31.6. The highest BCUT2D eigenvalue weighted by Gasteiger charge is 2.36. The maximum atomic E-state index is 13.5. The molecule has 2 aliphatic rings. The van der Waals surface area contributed by atoms with E-state index in [0.717, 1.165) is 12.0 Å². The summed E-state index contributed by atoms with van der Waals surface area (Å²) in [5, 5.41) is 8.82. The molecule has 1 fully saturated rings. The second kappa shape index (κ2) is 15.4. The molecule has 0 radical (unpaired) electrons. The molecule has 1 saturated heterocycles. The zero-order valence-corrected chi connectivity index (χ0v) is 26.0. The van der Waals surface area contributed by atoms with E-state index >= 15 is 0 Å². The van der Waals surface area contributed by atoms with E-state index in [2.05, 4.69) is 16.0 Å². The van der Waals surface area contributed by atoms with E-state index in [-0.39, 0.29) is 54.7 Å². The molecule has 3 atom stereocenters. The van der Waals surface area contributed by atoms with Crippen LogP contribution in [0.2, 0.25) is 0 Å². The molecule has 4 amide bonds. The monoisotopic (exact) mass is 608 g/mol. The van der Waals surface area contributed by atoms with Crippen molar-refractivity contribution >= 4 is 23.6 Å². The highest BCUT2D eigenvalue weighted by Crippen LogP contribution is 2.28. The number of nitrogens with one attached hydrogen (secondary N) is 3. The fourth-order valence-corrected chi connectivity index (χ4v) is 5.56. The van der Waals surface area contributed by atoms with Crippen molar-refractivity contribution in [2.75, 3.05) is 33.9 Å². The maximum Gasteiger partial charge on any atom is 0.255 e. The number of methoxy groups -OCH3 is 2. The Morgan fingerprint density at radius 2 is 1.82 bits per heavy atom. The Bertz CT molecular complexity index is 1330.